The number of carbonyl (C=O) groups excluding carboxylic acids is 1. The van der Waals surface area contributed by atoms with Crippen molar-refractivity contribution in [3.05, 3.63) is 46.8 Å². The van der Waals surface area contributed by atoms with Crippen LogP contribution in [0.3, 0.4) is 0 Å². The fourth-order valence-corrected chi connectivity index (χ4v) is 3.50. The summed E-state index contributed by atoms with van der Waals surface area (Å²) in [6.45, 7) is 8.17. The highest BCUT2D eigenvalue weighted by Gasteiger charge is 2.17. The molecule has 1 amide bonds. The summed E-state index contributed by atoms with van der Waals surface area (Å²) in [5.41, 5.74) is 0.621. The summed E-state index contributed by atoms with van der Waals surface area (Å²) in [6, 6.07) is 5.63. The van der Waals surface area contributed by atoms with Crippen LogP contribution in [-0.4, -0.2) is 51.7 Å². The molecule has 0 aliphatic rings. The Morgan fingerprint density at radius 1 is 1.19 bits per heavy atom. The molecule has 9 heteroatoms. The maximum absolute atomic E-state index is 13.2. The van der Waals surface area contributed by atoms with Crippen LogP contribution in [0.2, 0.25) is 0 Å². The third kappa shape index (κ3) is 6.00. The van der Waals surface area contributed by atoms with Gasteiger partial charge in [0.05, 0.1) is 0 Å². The van der Waals surface area contributed by atoms with Crippen molar-refractivity contribution in [2.24, 2.45) is 0 Å². The molecule has 0 spiro atoms. The zero-order valence-electron chi connectivity index (χ0n) is 18.6. The number of nitrogens with zero attached hydrogens (tertiary/aromatic N) is 4. The maximum Gasteiger partial charge on any atom is 0.266 e. The third-order valence-corrected chi connectivity index (χ3v) is 5.41. The lowest BCUT2D eigenvalue weighted by Gasteiger charge is -2.19. The van der Waals surface area contributed by atoms with E-state index in [0.717, 1.165) is 26.1 Å². The topological polar surface area (TPSA) is 93.3 Å². The predicted molar refractivity (Wildman–Crippen MR) is 121 cm³/mol. The zero-order chi connectivity index (χ0) is 22.9. The quantitative estimate of drug-likeness (QED) is 0.432. The molecule has 0 bridgehead atoms. The van der Waals surface area contributed by atoms with Gasteiger partial charge in [-0.2, -0.15) is 0 Å². The second-order valence-electron chi connectivity index (χ2n) is 7.70. The number of hydrogen-bond donors (Lipinski definition) is 1. The maximum atomic E-state index is 13.2. The normalized spacial score (nSPS) is 11.4. The van der Waals surface area contributed by atoms with Gasteiger partial charge in [0, 0.05) is 25.1 Å². The minimum atomic E-state index is -0.383. The highest BCUT2D eigenvalue weighted by molar-refractivity contribution is 5.88. The molecule has 0 atom stereocenters. The number of halogens is 1. The highest BCUT2D eigenvalue weighted by Crippen LogP contribution is 2.24. The first kappa shape index (κ1) is 23.6. The number of unbranched alkanes of at least 4 members (excludes halogenated alkanes) is 1. The van der Waals surface area contributed by atoms with Crippen LogP contribution in [0.4, 0.5) is 4.39 Å². The molecule has 8 nitrogen and oxygen atoms in total. The van der Waals surface area contributed by atoms with Gasteiger partial charge in [-0.15, -0.1) is 0 Å². The Labute approximate surface area is 186 Å². The average molecular weight is 444 g/mol. The summed E-state index contributed by atoms with van der Waals surface area (Å²) in [6.07, 6.45) is 4.76. The molecule has 2 aromatic heterocycles. The second kappa shape index (κ2) is 11.5. The lowest BCUT2D eigenvalue weighted by atomic mass is 10.1. The Hall–Kier alpha value is -3.07. The van der Waals surface area contributed by atoms with E-state index in [0.29, 0.717) is 17.8 Å². The van der Waals surface area contributed by atoms with Crippen LogP contribution in [0.5, 0.6) is 0 Å². The number of amides is 1. The molecule has 1 aromatic carbocycles. The fourth-order valence-electron chi connectivity index (χ4n) is 3.50. The Bertz CT molecular complexity index is 1080. The molecule has 0 radical (unpaired) electrons. The van der Waals surface area contributed by atoms with E-state index in [1.54, 1.807) is 0 Å². The monoisotopic (exact) mass is 443 g/mol. The van der Waals surface area contributed by atoms with E-state index in [1.807, 2.05) is 0 Å². The van der Waals surface area contributed by atoms with Crippen LogP contribution in [-0.2, 0) is 11.3 Å². The number of carbonyl (C=O) groups is 1. The number of aryl methyl sites for hydroxylation is 1. The van der Waals surface area contributed by atoms with Crippen molar-refractivity contribution in [1.29, 1.82) is 0 Å². The standard InChI is InChI=1S/C23H30FN5O3/c1-3-5-13-28(4-2)14-6-12-25-19(30)11-15-29-16-26-22-20(23(29)31)21(27-32-22)17-7-9-18(24)10-8-17/h7-10,16H,3-6,11-15H2,1-2H3,(H,25,30). The summed E-state index contributed by atoms with van der Waals surface area (Å²) in [7, 11) is 0. The number of nitrogens with one attached hydrogen (secondary N) is 1. The van der Waals surface area contributed by atoms with Crippen molar-refractivity contribution in [3.63, 3.8) is 0 Å². The molecule has 0 saturated heterocycles. The number of fused-ring (bicyclic) bond motifs is 1. The van der Waals surface area contributed by atoms with Gasteiger partial charge in [0.2, 0.25) is 5.91 Å². The van der Waals surface area contributed by atoms with Crippen molar-refractivity contribution >= 4 is 17.0 Å². The van der Waals surface area contributed by atoms with Gasteiger partial charge >= 0.3 is 0 Å². The summed E-state index contributed by atoms with van der Waals surface area (Å²) >= 11 is 0. The number of aromatic nitrogens is 3. The Kier molecular flexibility index (Phi) is 8.49. The first-order valence-corrected chi connectivity index (χ1v) is 11.1. The van der Waals surface area contributed by atoms with Gasteiger partial charge in [-0.1, -0.05) is 25.4 Å². The number of hydrogen-bond acceptors (Lipinski definition) is 6. The molecule has 172 valence electrons. The molecule has 3 rings (SSSR count). The van der Waals surface area contributed by atoms with Crippen molar-refractivity contribution in [3.8, 4) is 11.3 Å². The smallest absolute Gasteiger partial charge is 0.266 e. The van der Waals surface area contributed by atoms with E-state index < -0.39 is 0 Å². The van der Waals surface area contributed by atoms with E-state index in [1.165, 1.54) is 48.0 Å². The molecule has 3 aromatic rings. The largest absolute Gasteiger partial charge is 0.356 e. The molecular formula is C23H30FN5O3. The minimum absolute atomic E-state index is 0.110. The van der Waals surface area contributed by atoms with Crippen molar-refractivity contribution in [1.82, 2.24) is 24.9 Å². The molecule has 32 heavy (non-hydrogen) atoms. The zero-order valence-corrected chi connectivity index (χ0v) is 18.6. The molecule has 0 unspecified atom stereocenters. The molecule has 0 fully saturated rings. The highest BCUT2D eigenvalue weighted by atomic mass is 19.1. The molecule has 0 saturated carbocycles. The van der Waals surface area contributed by atoms with Crippen LogP contribution in [0.25, 0.3) is 22.4 Å². The Balaban J connectivity index is 1.56. The van der Waals surface area contributed by atoms with Gasteiger partial charge in [-0.3, -0.25) is 14.2 Å². The van der Waals surface area contributed by atoms with Crippen LogP contribution >= 0.6 is 0 Å². The van der Waals surface area contributed by atoms with E-state index in [2.05, 4.69) is 34.2 Å². The lowest BCUT2D eigenvalue weighted by Crippen LogP contribution is -2.31. The van der Waals surface area contributed by atoms with Crippen LogP contribution in [0.1, 0.15) is 39.5 Å². The first-order valence-electron chi connectivity index (χ1n) is 11.1. The van der Waals surface area contributed by atoms with Crippen molar-refractivity contribution in [2.75, 3.05) is 26.2 Å². The Morgan fingerprint density at radius 3 is 2.66 bits per heavy atom. The molecule has 1 N–H and O–H groups in total. The van der Waals surface area contributed by atoms with Gasteiger partial charge in [0.15, 0.2) is 0 Å². The van der Waals surface area contributed by atoms with Crippen LogP contribution < -0.4 is 10.9 Å². The fraction of sp³-hybridized carbons (Fsp3) is 0.478. The SMILES string of the molecule is CCCCN(CC)CCCNC(=O)CCn1cnc2onc(-c3ccc(F)cc3)c2c1=O. The van der Waals surface area contributed by atoms with Gasteiger partial charge in [0.1, 0.15) is 23.2 Å². The minimum Gasteiger partial charge on any atom is -0.356 e. The predicted octanol–water partition coefficient (Wildman–Crippen LogP) is 3.21. The first-order chi connectivity index (χ1) is 15.5. The molecule has 0 aliphatic heterocycles. The molecular weight excluding hydrogens is 413 g/mol. The van der Waals surface area contributed by atoms with E-state index in [9.17, 15) is 14.0 Å². The summed E-state index contributed by atoms with van der Waals surface area (Å²) in [5, 5.41) is 7.05. The summed E-state index contributed by atoms with van der Waals surface area (Å²) < 4.78 is 19.8. The van der Waals surface area contributed by atoms with E-state index >= 15 is 0 Å². The van der Waals surface area contributed by atoms with Crippen LogP contribution in [0.15, 0.2) is 39.9 Å². The third-order valence-electron chi connectivity index (χ3n) is 5.41. The average Bonchev–Trinajstić information content (AvgIpc) is 3.23. The number of rotatable bonds is 12. The molecule has 2 heterocycles. The molecule has 0 aliphatic carbocycles. The lowest BCUT2D eigenvalue weighted by molar-refractivity contribution is -0.121. The van der Waals surface area contributed by atoms with E-state index in [4.69, 9.17) is 4.52 Å². The summed E-state index contributed by atoms with van der Waals surface area (Å²) in [5.74, 6) is -0.496. The van der Waals surface area contributed by atoms with Crippen molar-refractivity contribution < 1.29 is 13.7 Å². The van der Waals surface area contributed by atoms with Gasteiger partial charge in [-0.25, -0.2) is 9.37 Å². The van der Waals surface area contributed by atoms with E-state index in [-0.39, 0.29) is 41.3 Å². The van der Waals surface area contributed by atoms with Crippen molar-refractivity contribution in [2.45, 2.75) is 46.1 Å². The summed E-state index contributed by atoms with van der Waals surface area (Å²) in [4.78, 5) is 31.7. The van der Waals surface area contributed by atoms with Gasteiger partial charge in [0.25, 0.3) is 11.3 Å². The Morgan fingerprint density at radius 2 is 1.94 bits per heavy atom. The van der Waals surface area contributed by atoms with Crippen LogP contribution in [0, 0.1) is 5.82 Å². The number of benzene rings is 1. The van der Waals surface area contributed by atoms with Gasteiger partial charge < -0.3 is 14.7 Å². The van der Waals surface area contributed by atoms with Gasteiger partial charge in [-0.05, 0) is 56.7 Å². The second-order valence-corrected chi connectivity index (χ2v) is 7.70.